The number of nitrogens with zero attached hydrogens (tertiary/aromatic N) is 4. The van der Waals surface area contributed by atoms with E-state index >= 15 is 0 Å². The van der Waals surface area contributed by atoms with Crippen LogP contribution in [-0.4, -0.2) is 44.7 Å². The highest BCUT2D eigenvalue weighted by molar-refractivity contribution is 5.91. The lowest BCUT2D eigenvalue weighted by Gasteiger charge is -2.21. The fourth-order valence-corrected chi connectivity index (χ4v) is 3.06. The summed E-state index contributed by atoms with van der Waals surface area (Å²) < 4.78 is 15.1. The van der Waals surface area contributed by atoms with Crippen molar-refractivity contribution in [2.45, 2.75) is 38.6 Å². The Labute approximate surface area is 152 Å². The Morgan fingerprint density at radius 1 is 1.44 bits per heavy atom. The molecule has 8 heteroatoms. The SMILES string of the molecule is CC(C)c1nc(C(=O)N2CCCC2CN)nn1-c1cccc(F)c1.Cl. The number of amides is 1. The Morgan fingerprint density at radius 2 is 2.20 bits per heavy atom. The quantitative estimate of drug-likeness (QED) is 0.900. The van der Waals surface area contributed by atoms with Crippen molar-refractivity contribution in [1.82, 2.24) is 19.7 Å². The molecule has 1 saturated heterocycles. The summed E-state index contributed by atoms with van der Waals surface area (Å²) in [6.45, 7) is 5.04. The molecular weight excluding hydrogens is 345 g/mol. The lowest BCUT2D eigenvalue weighted by Crippen LogP contribution is -2.40. The Hall–Kier alpha value is -1.99. The Kier molecular flexibility index (Phi) is 6.13. The van der Waals surface area contributed by atoms with E-state index in [2.05, 4.69) is 10.1 Å². The van der Waals surface area contributed by atoms with Crippen LogP contribution in [0.1, 0.15) is 49.1 Å². The van der Waals surface area contributed by atoms with Gasteiger partial charge in [0.2, 0.25) is 5.82 Å². The van der Waals surface area contributed by atoms with Crippen LogP contribution in [0.5, 0.6) is 0 Å². The lowest BCUT2D eigenvalue weighted by atomic mass is 10.2. The van der Waals surface area contributed by atoms with Gasteiger partial charge in [-0.05, 0) is 31.0 Å². The molecule has 6 nitrogen and oxygen atoms in total. The summed E-state index contributed by atoms with van der Waals surface area (Å²) in [6, 6.07) is 6.16. The molecule has 1 atom stereocenters. The number of likely N-dealkylation sites (tertiary alicyclic amines) is 1. The van der Waals surface area contributed by atoms with Gasteiger partial charge in [0, 0.05) is 25.0 Å². The minimum atomic E-state index is -0.353. The second-order valence-electron chi connectivity index (χ2n) is 6.37. The van der Waals surface area contributed by atoms with E-state index < -0.39 is 0 Å². The molecule has 25 heavy (non-hydrogen) atoms. The van der Waals surface area contributed by atoms with Crippen molar-refractivity contribution in [3.63, 3.8) is 0 Å². The lowest BCUT2D eigenvalue weighted by molar-refractivity contribution is 0.0729. The molecule has 1 aromatic heterocycles. The average molecular weight is 368 g/mol. The number of carbonyl (C=O) groups excluding carboxylic acids is 1. The molecule has 0 aliphatic carbocycles. The summed E-state index contributed by atoms with van der Waals surface area (Å²) in [6.07, 6.45) is 1.85. The average Bonchev–Trinajstić information content (AvgIpc) is 3.21. The highest BCUT2D eigenvalue weighted by Crippen LogP contribution is 2.22. The maximum absolute atomic E-state index is 13.5. The van der Waals surface area contributed by atoms with Gasteiger partial charge in [-0.15, -0.1) is 17.5 Å². The van der Waals surface area contributed by atoms with E-state index in [-0.39, 0.29) is 41.9 Å². The zero-order valence-electron chi connectivity index (χ0n) is 14.4. The number of halogens is 2. The standard InChI is InChI=1S/C17H22FN5O.ClH/c1-11(2)16-20-15(17(24)22-8-4-7-14(22)10-19)21-23(16)13-6-3-5-12(18)9-13;/h3,5-6,9,11,14H,4,7-8,10,19H2,1-2H3;1H. The van der Waals surface area contributed by atoms with Gasteiger partial charge in [0.15, 0.2) is 0 Å². The molecule has 3 rings (SSSR count). The van der Waals surface area contributed by atoms with E-state index in [0.29, 0.717) is 24.6 Å². The maximum atomic E-state index is 13.5. The fraction of sp³-hybridized carbons (Fsp3) is 0.471. The number of aromatic nitrogens is 3. The molecule has 2 heterocycles. The highest BCUT2D eigenvalue weighted by atomic mass is 35.5. The molecule has 2 aromatic rings. The second-order valence-corrected chi connectivity index (χ2v) is 6.37. The number of benzene rings is 1. The minimum Gasteiger partial charge on any atom is -0.332 e. The number of hydrogen-bond donors (Lipinski definition) is 1. The Morgan fingerprint density at radius 3 is 2.84 bits per heavy atom. The molecular formula is C17H23ClFN5O. The maximum Gasteiger partial charge on any atom is 0.293 e. The van der Waals surface area contributed by atoms with Gasteiger partial charge in [-0.2, -0.15) is 0 Å². The molecule has 0 radical (unpaired) electrons. The highest BCUT2D eigenvalue weighted by Gasteiger charge is 2.31. The molecule has 1 aliphatic heterocycles. The molecule has 1 aliphatic rings. The number of carbonyl (C=O) groups is 1. The topological polar surface area (TPSA) is 77.0 Å². The first-order valence-corrected chi connectivity index (χ1v) is 8.25. The van der Waals surface area contributed by atoms with Crippen LogP contribution >= 0.6 is 12.4 Å². The largest absolute Gasteiger partial charge is 0.332 e. The first-order valence-electron chi connectivity index (χ1n) is 8.25. The Balaban J connectivity index is 0.00000225. The second kappa shape index (κ2) is 7.93. The van der Waals surface area contributed by atoms with Crippen LogP contribution in [0.15, 0.2) is 24.3 Å². The van der Waals surface area contributed by atoms with Gasteiger partial charge in [-0.3, -0.25) is 4.79 Å². The third-order valence-electron chi connectivity index (χ3n) is 4.30. The van der Waals surface area contributed by atoms with Crippen molar-refractivity contribution in [3.8, 4) is 5.69 Å². The molecule has 1 fully saturated rings. The van der Waals surface area contributed by atoms with Crippen molar-refractivity contribution < 1.29 is 9.18 Å². The smallest absolute Gasteiger partial charge is 0.293 e. The van der Waals surface area contributed by atoms with E-state index in [4.69, 9.17) is 5.73 Å². The van der Waals surface area contributed by atoms with Crippen LogP contribution in [0, 0.1) is 5.82 Å². The van der Waals surface area contributed by atoms with Crippen LogP contribution in [0.4, 0.5) is 4.39 Å². The molecule has 0 spiro atoms. The van der Waals surface area contributed by atoms with E-state index in [0.717, 1.165) is 12.8 Å². The monoisotopic (exact) mass is 367 g/mol. The zero-order valence-corrected chi connectivity index (χ0v) is 15.2. The third kappa shape index (κ3) is 3.82. The van der Waals surface area contributed by atoms with E-state index in [1.807, 2.05) is 13.8 Å². The van der Waals surface area contributed by atoms with Crippen molar-refractivity contribution in [2.75, 3.05) is 13.1 Å². The van der Waals surface area contributed by atoms with Gasteiger partial charge in [0.1, 0.15) is 11.6 Å². The van der Waals surface area contributed by atoms with Crippen LogP contribution in [-0.2, 0) is 0 Å². The first-order chi connectivity index (χ1) is 11.5. The summed E-state index contributed by atoms with van der Waals surface area (Å²) in [7, 11) is 0. The van der Waals surface area contributed by atoms with Gasteiger partial charge in [0.05, 0.1) is 5.69 Å². The summed E-state index contributed by atoms with van der Waals surface area (Å²) in [4.78, 5) is 18.9. The minimum absolute atomic E-state index is 0. The van der Waals surface area contributed by atoms with Gasteiger partial charge in [-0.1, -0.05) is 19.9 Å². The van der Waals surface area contributed by atoms with Gasteiger partial charge in [-0.25, -0.2) is 14.1 Å². The molecule has 1 aromatic carbocycles. The molecule has 1 amide bonds. The van der Waals surface area contributed by atoms with Crippen molar-refractivity contribution in [3.05, 3.63) is 41.7 Å². The zero-order chi connectivity index (χ0) is 17.3. The molecule has 0 bridgehead atoms. The normalized spacial score (nSPS) is 17.0. The summed E-state index contributed by atoms with van der Waals surface area (Å²) in [5.74, 6) is 0.260. The number of nitrogens with two attached hydrogens (primary N) is 1. The fourth-order valence-electron chi connectivity index (χ4n) is 3.06. The van der Waals surface area contributed by atoms with Gasteiger partial charge in [0.25, 0.3) is 5.91 Å². The summed E-state index contributed by atoms with van der Waals surface area (Å²) in [5, 5.41) is 4.36. The van der Waals surface area contributed by atoms with Crippen molar-refractivity contribution in [1.29, 1.82) is 0 Å². The summed E-state index contributed by atoms with van der Waals surface area (Å²) >= 11 is 0. The van der Waals surface area contributed by atoms with E-state index in [1.54, 1.807) is 21.7 Å². The third-order valence-corrected chi connectivity index (χ3v) is 4.30. The summed E-state index contributed by atoms with van der Waals surface area (Å²) in [5.41, 5.74) is 6.31. The van der Waals surface area contributed by atoms with E-state index in [9.17, 15) is 9.18 Å². The molecule has 136 valence electrons. The van der Waals surface area contributed by atoms with Gasteiger partial charge < -0.3 is 10.6 Å². The molecule has 2 N–H and O–H groups in total. The Bertz CT molecular complexity index is 748. The molecule has 0 saturated carbocycles. The van der Waals surface area contributed by atoms with E-state index in [1.165, 1.54) is 12.1 Å². The van der Waals surface area contributed by atoms with Crippen LogP contribution in [0.3, 0.4) is 0 Å². The van der Waals surface area contributed by atoms with Crippen molar-refractivity contribution >= 4 is 18.3 Å². The predicted octanol–water partition coefficient (Wildman–Crippen LogP) is 2.51. The van der Waals surface area contributed by atoms with Crippen LogP contribution in [0.25, 0.3) is 5.69 Å². The first kappa shape index (κ1) is 19.3. The number of rotatable bonds is 4. The van der Waals surface area contributed by atoms with Crippen LogP contribution in [0.2, 0.25) is 0 Å². The number of hydrogen-bond acceptors (Lipinski definition) is 4. The van der Waals surface area contributed by atoms with Crippen molar-refractivity contribution in [2.24, 2.45) is 5.73 Å². The predicted molar refractivity (Wildman–Crippen MR) is 95.8 cm³/mol. The van der Waals surface area contributed by atoms with Gasteiger partial charge >= 0.3 is 0 Å². The van der Waals surface area contributed by atoms with Crippen LogP contribution < -0.4 is 5.73 Å². The molecule has 1 unspecified atom stereocenters.